The second-order valence-corrected chi connectivity index (χ2v) is 5.84. The Morgan fingerprint density at radius 2 is 1.88 bits per heavy atom. The van der Waals surface area contributed by atoms with Gasteiger partial charge in [-0.25, -0.2) is 19.9 Å². The number of benzene rings is 1. The lowest BCUT2D eigenvalue weighted by Crippen LogP contribution is -2.16. The van der Waals surface area contributed by atoms with Crippen LogP contribution in [0.15, 0.2) is 61.2 Å². The van der Waals surface area contributed by atoms with Gasteiger partial charge in [0.2, 0.25) is 0 Å². The van der Waals surface area contributed by atoms with Crippen molar-refractivity contribution >= 4 is 33.3 Å². The second-order valence-electron chi connectivity index (χ2n) is 5.84. The molecule has 0 aliphatic rings. The van der Waals surface area contributed by atoms with Gasteiger partial charge in [0.25, 0.3) is 0 Å². The first-order valence-electron chi connectivity index (χ1n) is 8.31. The van der Waals surface area contributed by atoms with Crippen molar-refractivity contribution in [2.24, 2.45) is 0 Å². The lowest BCUT2D eigenvalue weighted by Gasteiger charge is -2.02. The summed E-state index contributed by atoms with van der Waals surface area (Å²) in [7, 11) is 1.79. The summed E-state index contributed by atoms with van der Waals surface area (Å²) in [6.45, 7) is 2.11. The number of aromatic nitrogens is 5. The first kappa shape index (κ1) is 16.0. The topological polar surface area (TPSA) is 82.9 Å². The first-order valence-corrected chi connectivity index (χ1v) is 8.31. The number of nitrogens with zero attached hydrogens (tertiary/aromatic N) is 4. The molecule has 0 saturated carbocycles. The molecule has 7 heteroatoms. The lowest BCUT2D eigenvalue weighted by atomic mass is 10.2. The summed E-state index contributed by atoms with van der Waals surface area (Å²) in [4.78, 5) is 11.5. The van der Waals surface area contributed by atoms with Gasteiger partial charge in [0, 0.05) is 30.3 Å². The predicted octanol–water partition coefficient (Wildman–Crippen LogP) is 3.30. The SMILES string of the molecule is CNNc1ncnc2nn3ccccc3c12.Cc1c[nH]c2ccccc12. The number of para-hydroxylation sites is 1. The summed E-state index contributed by atoms with van der Waals surface area (Å²) >= 11 is 0. The van der Waals surface area contributed by atoms with E-state index < -0.39 is 0 Å². The van der Waals surface area contributed by atoms with Crippen molar-refractivity contribution in [1.29, 1.82) is 0 Å². The normalized spacial score (nSPS) is 10.8. The number of rotatable bonds is 2. The summed E-state index contributed by atoms with van der Waals surface area (Å²) < 4.78 is 1.79. The molecule has 5 rings (SSSR count). The highest BCUT2D eigenvalue weighted by Crippen LogP contribution is 2.23. The van der Waals surface area contributed by atoms with Crippen LogP contribution in [0, 0.1) is 6.92 Å². The number of fused-ring (bicyclic) bond motifs is 4. The maximum atomic E-state index is 4.36. The first-order chi connectivity index (χ1) is 12.8. The van der Waals surface area contributed by atoms with E-state index in [1.165, 1.54) is 22.8 Å². The zero-order chi connectivity index (χ0) is 17.9. The van der Waals surface area contributed by atoms with Crippen molar-refractivity contribution in [2.75, 3.05) is 12.5 Å². The van der Waals surface area contributed by atoms with Gasteiger partial charge >= 0.3 is 0 Å². The molecule has 0 aliphatic heterocycles. The fourth-order valence-corrected chi connectivity index (χ4v) is 2.94. The third-order valence-corrected chi connectivity index (χ3v) is 4.16. The molecule has 7 nitrogen and oxygen atoms in total. The Hall–Kier alpha value is -3.45. The quantitative estimate of drug-likeness (QED) is 0.428. The van der Waals surface area contributed by atoms with E-state index in [2.05, 4.69) is 56.0 Å². The summed E-state index contributed by atoms with van der Waals surface area (Å²) in [5.74, 6) is 0.730. The van der Waals surface area contributed by atoms with Crippen LogP contribution < -0.4 is 10.9 Å². The van der Waals surface area contributed by atoms with Crippen molar-refractivity contribution < 1.29 is 0 Å². The van der Waals surface area contributed by atoms with Gasteiger partial charge in [-0.05, 0) is 30.7 Å². The maximum absolute atomic E-state index is 4.36. The molecule has 0 radical (unpaired) electrons. The Bertz CT molecular complexity index is 1170. The number of H-pyrrole nitrogens is 1. The van der Waals surface area contributed by atoms with Gasteiger partial charge < -0.3 is 10.4 Å². The highest BCUT2D eigenvalue weighted by molar-refractivity contribution is 5.99. The molecule has 26 heavy (non-hydrogen) atoms. The van der Waals surface area contributed by atoms with E-state index >= 15 is 0 Å². The number of aromatic amines is 1. The second kappa shape index (κ2) is 6.81. The van der Waals surface area contributed by atoms with Crippen LogP contribution in [0.5, 0.6) is 0 Å². The molecular formula is C19H19N7. The van der Waals surface area contributed by atoms with Crippen LogP contribution in [0.3, 0.4) is 0 Å². The van der Waals surface area contributed by atoms with E-state index in [0.29, 0.717) is 5.65 Å². The fraction of sp³-hybridized carbons (Fsp3) is 0.105. The number of hydrazine groups is 1. The highest BCUT2D eigenvalue weighted by atomic mass is 15.4. The van der Waals surface area contributed by atoms with Crippen molar-refractivity contribution in [3.05, 3.63) is 66.7 Å². The minimum Gasteiger partial charge on any atom is -0.361 e. The Morgan fingerprint density at radius 3 is 2.73 bits per heavy atom. The smallest absolute Gasteiger partial charge is 0.187 e. The molecular weight excluding hydrogens is 326 g/mol. The molecule has 0 fully saturated rings. The average Bonchev–Trinajstić information content (AvgIpc) is 3.24. The molecule has 0 amide bonds. The Labute approximate surface area is 150 Å². The Kier molecular flexibility index (Phi) is 4.20. The zero-order valence-corrected chi connectivity index (χ0v) is 14.6. The molecule has 4 heterocycles. The third kappa shape index (κ3) is 2.84. The molecule has 5 aromatic rings. The molecule has 0 saturated heterocycles. The van der Waals surface area contributed by atoms with E-state index in [1.807, 2.05) is 36.7 Å². The van der Waals surface area contributed by atoms with E-state index in [9.17, 15) is 0 Å². The fourth-order valence-electron chi connectivity index (χ4n) is 2.94. The van der Waals surface area contributed by atoms with E-state index in [-0.39, 0.29) is 0 Å². The minimum atomic E-state index is 0.680. The predicted molar refractivity (Wildman–Crippen MR) is 104 cm³/mol. The van der Waals surface area contributed by atoms with Crippen LogP contribution in [0.2, 0.25) is 0 Å². The van der Waals surface area contributed by atoms with Crippen LogP contribution in [0.25, 0.3) is 27.5 Å². The van der Waals surface area contributed by atoms with Gasteiger partial charge in [-0.2, -0.15) is 0 Å². The molecule has 4 aromatic heterocycles. The van der Waals surface area contributed by atoms with Crippen LogP contribution in [0.4, 0.5) is 5.82 Å². The molecule has 0 atom stereocenters. The molecule has 3 N–H and O–H groups in total. The van der Waals surface area contributed by atoms with Crippen LogP contribution in [0.1, 0.15) is 5.56 Å². The van der Waals surface area contributed by atoms with Gasteiger partial charge in [0.15, 0.2) is 11.5 Å². The Morgan fingerprint density at radius 1 is 1.04 bits per heavy atom. The number of hydrogen-bond acceptors (Lipinski definition) is 5. The van der Waals surface area contributed by atoms with Crippen molar-refractivity contribution in [1.82, 2.24) is 30.0 Å². The molecule has 0 unspecified atom stereocenters. The minimum absolute atomic E-state index is 0.680. The van der Waals surface area contributed by atoms with Crippen LogP contribution in [-0.2, 0) is 0 Å². The summed E-state index contributed by atoms with van der Waals surface area (Å²) in [5, 5.41) is 6.59. The standard InChI is InChI=1S/C10H10N6.C9H9N/c1-11-14-9-8-7-4-2-3-5-16(7)15-10(8)13-6-12-9;1-7-6-10-9-5-3-2-4-8(7)9/h2-6,11H,1H3,(H,12,13,14,15);2-6,10H,1H3. The van der Waals surface area contributed by atoms with Crippen molar-refractivity contribution in [3.8, 4) is 0 Å². The largest absolute Gasteiger partial charge is 0.361 e. The monoisotopic (exact) mass is 345 g/mol. The molecule has 0 bridgehead atoms. The molecule has 1 aromatic carbocycles. The summed E-state index contributed by atoms with van der Waals surface area (Å²) in [6.07, 6.45) is 5.42. The number of aryl methyl sites for hydroxylation is 1. The number of nitrogens with one attached hydrogen (secondary N) is 3. The number of pyridine rings is 1. The van der Waals surface area contributed by atoms with Crippen molar-refractivity contribution in [3.63, 3.8) is 0 Å². The van der Waals surface area contributed by atoms with Crippen LogP contribution in [-0.4, -0.2) is 31.6 Å². The molecule has 130 valence electrons. The van der Waals surface area contributed by atoms with Crippen LogP contribution >= 0.6 is 0 Å². The van der Waals surface area contributed by atoms with E-state index in [0.717, 1.165) is 16.7 Å². The lowest BCUT2D eigenvalue weighted by molar-refractivity contribution is 0.959. The molecule has 0 aliphatic carbocycles. The van der Waals surface area contributed by atoms with Gasteiger partial charge in [-0.1, -0.05) is 24.3 Å². The van der Waals surface area contributed by atoms with Gasteiger partial charge in [-0.15, -0.1) is 5.10 Å². The summed E-state index contributed by atoms with van der Waals surface area (Å²) in [6, 6.07) is 14.2. The number of hydrogen-bond donors (Lipinski definition) is 3. The van der Waals surface area contributed by atoms with E-state index in [1.54, 1.807) is 11.6 Å². The highest BCUT2D eigenvalue weighted by Gasteiger charge is 2.10. The maximum Gasteiger partial charge on any atom is 0.187 e. The zero-order valence-electron chi connectivity index (χ0n) is 14.6. The van der Waals surface area contributed by atoms with Crippen molar-refractivity contribution in [2.45, 2.75) is 6.92 Å². The van der Waals surface area contributed by atoms with Gasteiger partial charge in [0.1, 0.15) is 6.33 Å². The molecule has 0 spiro atoms. The number of anilines is 1. The third-order valence-electron chi connectivity index (χ3n) is 4.16. The van der Waals surface area contributed by atoms with Gasteiger partial charge in [-0.3, -0.25) is 0 Å². The van der Waals surface area contributed by atoms with E-state index in [4.69, 9.17) is 0 Å². The average molecular weight is 345 g/mol. The Balaban J connectivity index is 0.000000144. The summed E-state index contributed by atoms with van der Waals surface area (Å²) in [5.41, 5.74) is 10.0. The van der Waals surface area contributed by atoms with Gasteiger partial charge in [0.05, 0.1) is 10.9 Å².